The van der Waals surface area contributed by atoms with E-state index >= 15 is 0 Å². The normalized spacial score (nSPS) is 11.7. The number of carbonyl (C=O) groups is 1. The predicted molar refractivity (Wildman–Crippen MR) is 78.3 cm³/mol. The molecule has 1 heterocycles. The molecular weight excluding hydrogens is 309 g/mol. The number of hydrogen-bond donors (Lipinski definition) is 1. The van der Waals surface area contributed by atoms with Gasteiger partial charge >= 0.3 is 12.1 Å². The van der Waals surface area contributed by atoms with E-state index in [0.717, 1.165) is 11.3 Å². The highest BCUT2D eigenvalue weighted by Gasteiger charge is 2.38. The van der Waals surface area contributed by atoms with Crippen LogP contribution in [0.2, 0.25) is 0 Å². The number of nitrogens with one attached hydrogen (secondary N) is 1. The lowest BCUT2D eigenvalue weighted by Crippen LogP contribution is -2.29. The standard InChI is InChI=1S/C15H11F3N4O/c1-9-2-5-11(6-3-9)22-20-12-7-4-10(8-13(12)21-22)19-14(23)15(16,17)18/h2-8H,1H3,(H,19,23). The summed E-state index contributed by atoms with van der Waals surface area (Å²) in [6.07, 6.45) is -4.94. The summed E-state index contributed by atoms with van der Waals surface area (Å²) in [5.41, 5.74) is 2.72. The van der Waals surface area contributed by atoms with E-state index in [1.165, 1.54) is 23.0 Å². The van der Waals surface area contributed by atoms with Crippen molar-refractivity contribution in [3.63, 3.8) is 0 Å². The number of aromatic nitrogens is 3. The highest BCUT2D eigenvalue weighted by molar-refractivity contribution is 5.96. The molecule has 0 unspecified atom stereocenters. The van der Waals surface area contributed by atoms with Gasteiger partial charge in [0.05, 0.1) is 5.69 Å². The van der Waals surface area contributed by atoms with Crippen molar-refractivity contribution in [3.8, 4) is 5.69 Å². The Morgan fingerprint density at radius 1 is 1.04 bits per heavy atom. The van der Waals surface area contributed by atoms with E-state index in [0.29, 0.717) is 11.0 Å². The van der Waals surface area contributed by atoms with Crippen LogP contribution >= 0.6 is 0 Å². The van der Waals surface area contributed by atoms with Crippen molar-refractivity contribution in [2.45, 2.75) is 13.1 Å². The first-order chi connectivity index (χ1) is 10.8. The maximum absolute atomic E-state index is 12.3. The molecule has 3 aromatic rings. The van der Waals surface area contributed by atoms with Crippen molar-refractivity contribution < 1.29 is 18.0 Å². The first kappa shape index (κ1) is 15.0. The molecule has 0 fully saturated rings. The molecular formula is C15H11F3N4O. The highest BCUT2D eigenvalue weighted by Crippen LogP contribution is 2.21. The van der Waals surface area contributed by atoms with Gasteiger partial charge in [0, 0.05) is 5.69 Å². The average Bonchev–Trinajstić information content (AvgIpc) is 2.90. The molecule has 1 amide bonds. The Kier molecular flexibility index (Phi) is 3.51. The van der Waals surface area contributed by atoms with Gasteiger partial charge in [0.2, 0.25) is 0 Å². The molecule has 3 rings (SSSR count). The minimum absolute atomic E-state index is 0.00998. The first-order valence-corrected chi connectivity index (χ1v) is 6.65. The van der Waals surface area contributed by atoms with Gasteiger partial charge in [-0.3, -0.25) is 4.79 Å². The molecule has 0 radical (unpaired) electrons. The molecule has 1 aromatic heterocycles. The maximum atomic E-state index is 12.3. The van der Waals surface area contributed by atoms with Gasteiger partial charge in [-0.2, -0.15) is 18.0 Å². The Morgan fingerprint density at radius 2 is 1.70 bits per heavy atom. The van der Waals surface area contributed by atoms with Crippen LogP contribution in [0.25, 0.3) is 16.7 Å². The lowest BCUT2D eigenvalue weighted by molar-refractivity contribution is -0.167. The smallest absolute Gasteiger partial charge is 0.318 e. The van der Waals surface area contributed by atoms with Crippen LogP contribution < -0.4 is 5.32 Å². The van der Waals surface area contributed by atoms with E-state index in [-0.39, 0.29) is 5.69 Å². The van der Waals surface area contributed by atoms with Crippen LogP contribution in [-0.4, -0.2) is 27.1 Å². The molecule has 1 N–H and O–H groups in total. The number of fused-ring (bicyclic) bond motifs is 1. The lowest BCUT2D eigenvalue weighted by atomic mass is 10.2. The molecule has 0 spiro atoms. The molecule has 23 heavy (non-hydrogen) atoms. The number of aryl methyl sites for hydroxylation is 1. The third kappa shape index (κ3) is 3.15. The van der Waals surface area contributed by atoms with E-state index in [1.54, 1.807) is 5.32 Å². The topological polar surface area (TPSA) is 59.8 Å². The fourth-order valence-corrected chi connectivity index (χ4v) is 1.99. The molecule has 0 aliphatic carbocycles. The van der Waals surface area contributed by atoms with Crippen LogP contribution in [0.4, 0.5) is 18.9 Å². The molecule has 0 aliphatic rings. The minimum atomic E-state index is -4.94. The Labute approximate surface area is 128 Å². The number of anilines is 1. The van der Waals surface area contributed by atoms with Gasteiger partial charge in [0.15, 0.2) is 0 Å². The molecule has 8 heteroatoms. The van der Waals surface area contributed by atoms with Crippen molar-refractivity contribution in [1.82, 2.24) is 15.0 Å². The number of halogens is 3. The van der Waals surface area contributed by atoms with Gasteiger partial charge in [-0.15, -0.1) is 10.2 Å². The summed E-state index contributed by atoms with van der Waals surface area (Å²) in [6, 6.07) is 11.7. The zero-order chi connectivity index (χ0) is 16.6. The van der Waals surface area contributed by atoms with E-state index in [1.807, 2.05) is 31.2 Å². The fourth-order valence-electron chi connectivity index (χ4n) is 1.99. The van der Waals surface area contributed by atoms with Crippen LogP contribution in [0.3, 0.4) is 0 Å². The fraction of sp³-hybridized carbons (Fsp3) is 0.133. The second-order valence-corrected chi connectivity index (χ2v) is 4.98. The third-order valence-electron chi connectivity index (χ3n) is 3.16. The second-order valence-electron chi connectivity index (χ2n) is 4.98. The zero-order valence-electron chi connectivity index (χ0n) is 11.9. The maximum Gasteiger partial charge on any atom is 0.471 e. The largest absolute Gasteiger partial charge is 0.471 e. The molecule has 0 saturated carbocycles. The quantitative estimate of drug-likeness (QED) is 0.788. The first-order valence-electron chi connectivity index (χ1n) is 6.65. The lowest BCUT2D eigenvalue weighted by Gasteiger charge is -2.07. The van der Waals surface area contributed by atoms with Crippen LogP contribution in [0.5, 0.6) is 0 Å². The van der Waals surface area contributed by atoms with E-state index in [4.69, 9.17) is 0 Å². The van der Waals surface area contributed by atoms with Crippen LogP contribution in [0.15, 0.2) is 42.5 Å². The monoisotopic (exact) mass is 320 g/mol. The molecule has 2 aromatic carbocycles. The second kappa shape index (κ2) is 5.38. The van der Waals surface area contributed by atoms with Crippen molar-refractivity contribution in [2.75, 3.05) is 5.32 Å². The molecule has 5 nitrogen and oxygen atoms in total. The Morgan fingerprint density at radius 3 is 2.35 bits per heavy atom. The summed E-state index contributed by atoms with van der Waals surface area (Å²) in [6.45, 7) is 1.95. The molecule has 0 aliphatic heterocycles. The van der Waals surface area contributed by atoms with Crippen molar-refractivity contribution >= 4 is 22.6 Å². The van der Waals surface area contributed by atoms with E-state index < -0.39 is 12.1 Å². The third-order valence-corrected chi connectivity index (χ3v) is 3.16. The van der Waals surface area contributed by atoms with Gasteiger partial charge < -0.3 is 5.32 Å². The van der Waals surface area contributed by atoms with Gasteiger partial charge in [-0.05, 0) is 37.3 Å². The van der Waals surface area contributed by atoms with Gasteiger partial charge in [0.1, 0.15) is 11.0 Å². The van der Waals surface area contributed by atoms with Crippen molar-refractivity contribution in [1.29, 1.82) is 0 Å². The van der Waals surface area contributed by atoms with Gasteiger partial charge in [0.25, 0.3) is 0 Å². The number of hydrogen-bond acceptors (Lipinski definition) is 3. The summed E-state index contributed by atoms with van der Waals surface area (Å²) >= 11 is 0. The minimum Gasteiger partial charge on any atom is -0.318 e. The summed E-state index contributed by atoms with van der Waals surface area (Å²) in [5, 5.41) is 10.3. The van der Waals surface area contributed by atoms with Crippen molar-refractivity contribution in [2.24, 2.45) is 0 Å². The summed E-state index contributed by atoms with van der Waals surface area (Å²) in [5.74, 6) is -2.03. The van der Waals surface area contributed by atoms with Crippen molar-refractivity contribution in [3.05, 3.63) is 48.0 Å². The average molecular weight is 320 g/mol. The van der Waals surface area contributed by atoms with Gasteiger partial charge in [-0.1, -0.05) is 17.7 Å². The SMILES string of the molecule is Cc1ccc(-n2nc3ccc(NC(=O)C(F)(F)F)cc3n2)cc1. The summed E-state index contributed by atoms with van der Waals surface area (Å²) < 4.78 is 36.8. The number of carbonyl (C=O) groups excluding carboxylic acids is 1. The number of nitrogens with zero attached hydrogens (tertiary/aromatic N) is 3. The highest BCUT2D eigenvalue weighted by atomic mass is 19.4. The molecule has 0 atom stereocenters. The summed E-state index contributed by atoms with van der Waals surface area (Å²) in [4.78, 5) is 12.3. The summed E-state index contributed by atoms with van der Waals surface area (Å²) in [7, 11) is 0. The van der Waals surface area contributed by atoms with E-state index in [9.17, 15) is 18.0 Å². The van der Waals surface area contributed by atoms with E-state index in [2.05, 4.69) is 10.2 Å². The number of benzene rings is 2. The molecule has 118 valence electrons. The Bertz CT molecular complexity index is 869. The molecule has 0 saturated heterocycles. The van der Waals surface area contributed by atoms with Crippen LogP contribution in [0.1, 0.15) is 5.56 Å². The number of amides is 1. The van der Waals surface area contributed by atoms with Gasteiger partial charge in [-0.25, -0.2) is 0 Å². The van der Waals surface area contributed by atoms with Crippen LogP contribution in [-0.2, 0) is 4.79 Å². The molecule has 0 bridgehead atoms. The number of rotatable bonds is 2. The number of alkyl halides is 3. The predicted octanol–water partition coefficient (Wildman–Crippen LogP) is 3.23. The Hall–Kier alpha value is -2.90. The Balaban J connectivity index is 1.92. The van der Waals surface area contributed by atoms with Crippen LogP contribution in [0, 0.1) is 6.92 Å². The zero-order valence-corrected chi connectivity index (χ0v) is 11.9.